The Labute approximate surface area is 120 Å². The number of aromatic nitrogens is 3. The number of halogens is 1. The molecule has 1 atom stereocenters. The minimum absolute atomic E-state index is 0.474. The van der Waals surface area contributed by atoms with Gasteiger partial charge in [0.15, 0.2) is 5.82 Å². The summed E-state index contributed by atoms with van der Waals surface area (Å²) < 4.78 is 1.04. The second kappa shape index (κ2) is 5.30. The number of benzene rings is 1. The molecule has 1 unspecified atom stereocenters. The molecule has 0 aliphatic carbocycles. The minimum Gasteiger partial charge on any atom is -0.337 e. The van der Waals surface area contributed by atoms with E-state index >= 15 is 0 Å². The molecule has 6 heteroatoms. The van der Waals surface area contributed by atoms with Crippen LogP contribution in [0.3, 0.4) is 0 Å². The summed E-state index contributed by atoms with van der Waals surface area (Å²) in [4.78, 5) is 6.80. The average molecular weight is 322 g/mol. The topological polar surface area (TPSA) is 56.8 Å². The van der Waals surface area contributed by atoms with E-state index in [1.165, 1.54) is 0 Å². The molecule has 1 fully saturated rings. The van der Waals surface area contributed by atoms with Crippen LogP contribution in [0.5, 0.6) is 0 Å². The first-order chi connectivity index (χ1) is 9.22. The Bertz CT molecular complexity index is 568. The predicted octanol–water partition coefficient (Wildman–Crippen LogP) is 2.03. The number of hydrogen-bond acceptors (Lipinski definition) is 4. The second-order valence-electron chi connectivity index (χ2n) is 4.80. The van der Waals surface area contributed by atoms with Gasteiger partial charge in [-0.2, -0.15) is 4.98 Å². The SMILES string of the molecule is CC1CN(c2n[nH]c(-c3cccc(Br)c3)n2)CCN1. The Morgan fingerprint density at radius 3 is 3.11 bits per heavy atom. The molecule has 0 amide bonds. The summed E-state index contributed by atoms with van der Waals surface area (Å²) in [6.45, 7) is 5.03. The fraction of sp³-hybridized carbons (Fsp3) is 0.385. The van der Waals surface area contributed by atoms with Crippen molar-refractivity contribution in [3.63, 3.8) is 0 Å². The van der Waals surface area contributed by atoms with Gasteiger partial charge in [0, 0.05) is 35.7 Å². The summed E-state index contributed by atoms with van der Waals surface area (Å²) in [7, 11) is 0. The van der Waals surface area contributed by atoms with Gasteiger partial charge < -0.3 is 10.2 Å². The summed E-state index contributed by atoms with van der Waals surface area (Å²) in [5, 5.41) is 10.8. The highest BCUT2D eigenvalue weighted by Crippen LogP contribution is 2.21. The van der Waals surface area contributed by atoms with Crippen LogP contribution in [0.4, 0.5) is 5.95 Å². The molecule has 0 radical (unpaired) electrons. The third-order valence-electron chi connectivity index (χ3n) is 3.22. The molecule has 0 spiro atoms. The minimum atomic E-state index is 0.474. The van der Waals surface area contributed by atoms with Crippen molar-refractivity contribution < 1.29 is 0 Å². The van der Waals surface area contributed by atoms with Crippen LogP contribution in [-0.4, -0.2) is 40.9 Å². The number of H-pyrrole nitrogens is 1. The molecule has 2 aromatic rings. The first-order valence-corrected chi connectivity index (χ1v) is 7.18. The molecular weight excluding hydrogens is 306 g/mol. The molecule has 2 heterocycles. The summed E-state index contributed by atoms with van der Waals surface area (Å²) in [5.41, 5.74) is 1.04. The van der Waals surface area contributed by atoms with E-state index in [0.29, 0.717) is 6.04 Å². The Hall–Kier alpha value is -1.40. The van der Waals surface area contributed by atoms with Gasteiger partial charge in [0.2, 0.25) is 5.95 Å². The lowest BCUT2D eigenvalue weighted by Gasteiger charge is -2.30. The third kappa shape index (κ3) is 2.79. The van der Waals surface area contributed by atoms with Crippen molar-refractivity contribution in [3.05, 3.63) is 28.7 Å². The zero-order valence-corrected chi connectivity index (χ0v) is 12.3. The monoisotopic (exact) mass is 321 g/mol. The quantitative estimate of drug-likeness (QED) is 0.888. The molecular formula is C13H16BrN5. The third-order valence-corrected chi connectivity index (χ3v) is 3.72. The fourth-order valence-corrected chi connectivity index (χ4v) is 2.67. The molecule has 5 nitrogen and oxygen atoms in total. The number of nitrogens with one attached hydrogen (secondary N) is 2. The molecule has 3 rings (SSSR count). The molecule has 0 bridgehead atoms. The van der Waals surface area contributed by atoms with E-state index in [9.17, 15) is 0 Å². The molecule has 1 saturated heterocycles. The highest BCUT2D eigenvalue weighted by Gasteiger charge is 2.19. The van der Waals surface area contributed by atoms with E-state index in [1.54, 1.807) is 0 Å². The lowest BCUT2D eigenvalue weighted by Crippen LogP contribution is -2.49. The van der Waals surface area contributed by atoms with E-state index in [1.807, 2.05) is 24.3 Å². The van der Waals surface area contributed by atoms with Crippen LogP contribution in [0.1, 0.15) is 6.92 Å². The molecule has 1 aromatic heterocycles. The highest BCUT2D eigenvalue weighted by molar-refractivity contribution is 9.10. The van der Waals surface area contributed by atoms with E-state index in [4.69, 9.17) is 0 Å². The number of piperazine rings is 1. The van der Waals surface area contributed by atoms with Crippen LogP contribution in [0.25, 0.3) is 11.4 Å². The lowest BCUT2D eigenvalue weighted by molar-refractivity contribution is 0.480. The largest absolute Gasteiger partial charge is 0.337 e. The van der Waals surface area contributed by atoms with Gasteiger partial charge in [0.1, 0.15) is 0 Å². The molecule has 1 aromatic carbocycles. The Kier molecular flexibility index (Phi) is 3.52. The van der Waals surface area contributed by atoms with Crippen molar-refractivity contribution in [1.29, 1.82) is 0 Å². The summed E-state index contributed by atoms with van der Waals surface area (Å²) in [5.74, 6) is 1.59. The maximum atomic E-state index is 4.59. The lowest BCUT2D eigenvalue weighted by atomic mass is 10.2. The predicted molar refractivity (Wildman–Crippen MR) is 79.2 cm³/mol. The number of rotatable bonds is 2. The van der Waals surface area contributed by atoms with E-state index < -0.39 is 0 Å². The van der Waals surface area contributed by atoms with Crippen molar-refractivity contribution in [2.24, 2.45) is 0 Å². The molecule has 100 valence electrons. The smallest absolute Gasteiger partial charge is 0.245 e. The Balaban J connectivity index is 1.83. The Morgan fingerprint density at radius 1 is 1.42 bits per heavy atom. The standard InChI is InChI=1S/C13H16BrN5/c1-9-8-19(6-5-15-9)13-16-12(17-18-13)10-3-2-4-11(14)7-10/h2-4,7,9,15H,5-6,8H2,1H3,(H,16,17,18). The first kappa shape index (κ1) is 12.6. The van der Waals surface area contributed by atoms with Crippen LogP contribution in [0.2, 0.25) is 0 Å². The van der Waals surface area contributed by atoms with Crippen molar-refractivity contribution in [3.8, 4) is 11.4 Å². The number of nitrogens with zero attached hydrogens (tertiary/aromatic N) is 3. The van der Waals surface area contributed by atoms with Crippen LogP contribution >= 0.6 is 15.9 Å². The van der Waals surface area contributed by atoms with E-state index in [2.05, 4.69) is 48.3 Å². The van der Waals surface area contributed by atoms with Crippen molar-refractivity contribution in [2.45, 2.75) is 13.0 Å². The van der Waals surface area contributed by atoms with Crippen LogP contribution < -0.4 is 10.2 Å². The zero-order chi connectivity index (χ0) is 13.2. The van der Waals surface area contributed by atoms with Gasteiger partial charge in [-0.3, -0.25) is 5.10 Å². The molecule has 0 saturated carbocycles. The number of aromatic amines is 1. The van der Waals surface area contributed by atoms with Crippen LogP contribution in [0.15, 0.2) is 28.7 Å². The van der Waals surface area contributed by atoms with Gasteiger partial charge in [0.25, 0.3) is 0 Å². The second-order valence-corrected chi connectivity index (χ2v) is 5.71. The van der Waals surface area contributed by atoms with Gasteiger partial charge >= 0.3 is 0 Å². The van der Waals surface area contributed by atoms with Crippen molar-refractivity contribution in [1.82, 2.24) is 20.5 Å². The number of hydrogen-bond donors (Lipinski definition) is 2. The van der Waals surface area contributed by atoms with Gasteiger partial charge in [-0.15, -0.1) is 5.10 Å². The molecule has 1 aliphatic rings. The molecule has 2 N–H and O–H groups in total. The van der Waals surface area contributed by atoms with E-state index in [-0.39, 0.29) is 0 Å². The normalized spacial score (nSPS) is 19.7. The van der Waals surface area contributed by atoms with Gasteiger partial charge in [-0.05, 0) is 19.1 Å². The van der Waals surface area contributed by atoms with Gasteiger partial charge in [0.05, 0.1) is 0 Å². The summed E-state index contributed by atoms with van der Waals surface area (Å²) in [6, 6.07) is 8.52. The van der Waals surface area contributed by atoms with Gasteiger partial charge in [-0.1, -0.05) is 28.1 Å². The average Bonchev–Trinajstić information content (AvgIpc) is 2.88. The summed E-state index contributed by atoms with van der Waals surface area (Å²) in [6.07, 6.45) is 0. The maximum absolute atomic E-state index is 4.59. The zero-order valence-electron chi connectivity index (χ0n) is 10.7. The fourth-order valence-electron chi connectivity index (χ4n) is 2.27. The highest BCUT2D eigenvalue weighted by atomic mass is 79.9. The van der Waals surface area contributed by atoms with Gasteiger partial charge in [-0.25, -0.2) is 0 Å². The maximum Gasteiger partial charge on any atom is 0.245 e. The molecule has 1 aliphatic heterocycles. The molecule has 19 heavy (non-hydrogen) atoms. The first-order valence-electron chi connectivity index (χ1n) is 6.39. The van der Waals surface area contributed by atoms with E-state index in [0.717, 1.165) is 41.4 Å². The number of anilines is 1. The summed E-state index contributed by atoms with van der Waals surface area (Å²) >= 11 is 3.47. The van der Waals surface area contributed by atoms with Crippen molar-refractivity contribution >= 4 is 21.9 Å². The Morgan fingerprint density at radius 2 is 2.32 bits per heavy atom. The van der Waals surface area contributed by atoms with Crippen LogP contribution in [-0.2, 0) is 0 Å². The van der Waals surface area contributed by atoms with Crippen LogP contribution in [0, 0.1) is 0 Å². The van der Waals surface area contributed by atoms with Crippen molar-refractivity contribution in [2.75, 3.05) is 24.5 Å².